The van der Waals surface area contributed by atoms with Crippen molar-refractivity contribution in [2.75, 3.05) is 6.54 Å². The van der Waals surface area contributed by atoms with Crippen molar-refractivity contribution in [2.45, 2.75) is 140 Å². The van der Waals surface area contributed by atoms with Gasteiger partial charge in [0.15, 0.2) is 0 Å². The summed E-state index contributed by atoms with van der Waals surface area (Å²) in [5.41, 5.74) is -4.76. The maximum atomic E-state index is 15.1. The summed E-state index contributed by atoms with van der Waals surface area (Å²) in [7, 11) is -4.12. The third-order valence-corrected chi connectivity index (χ3v) is 14.5. The lowest BCUT2D eigenvalue weighted by Gasteiger charge is -2.45. The van der Waals surface area contributed by atoms with E-state index in [1.54, 1.807) is 24.3 Å². The highest BCUT2D eigenvalue weighted by molar-refractivity contribution is 7.91. The summed E-state index contributed by atoms with van der Waals surface area (Å²) in [5, 5.41) is 14.5. The maximum absolute atomic E-state index is 15.1. The van der Waals surface area contributed by atoms with E-state index in [1.165, 1.54) is 13.8 Å². The average Bonchev–Trinajstić information content (AvgIpc) is 4.01. The summed E-state index contributed by atoms with van der Waals surface area (Å²) in [6.45, 7) is 9.55. The Morgan fingerprint density at radius 1 is 1.12 bits per heavy atom. The molecule has 0 unspecified atom stereocenters. The number of hydrogen-bond donors (Lipinski definition) is 3. The maximum Gasteiger partial charge on any atom is 0.411 e. The van der Waals surface area contributed by atoms with Crippen LogP contribution in [0.3, 0.4) is 0 Å². The van der Waals surface area contributed by atoms with E-state index in [0.29, 0.717) is 50.3 Å². The van der Waals surface area contributed by atoms with Gasteiger partial charge in [0.25, 0.3) is 5.91 Å². The van der Waals surface area contributed by atoms with Crippen LogP contribution in [0.4, 0.5) is 18.0 Å². The number of pyridine rings is 1. The number of nitrogens with zero attached hydrogens (tertiary/aromatic N) is 3. The Balaban J connectivity index is 1.44. The molecule has 1 aromatic carbocycles. The molecule has 18 heteroatoms. The van der Waals surface area contributed by atoms with Crippen molar-refractivity contribution in [1.82, 2.24) is 24.8 Å². The first kappa shape index (κ1) is 44.0. The molecule has 14 nitrogen and oxygen atoms in total. The SMILES string of the molecule is CC(C)Oc1cc2ccccc2c(O[C@@H]2C[C@H]3C(=O)N[C@]4(C(=O)NS(=O)(=O)C5(C)CC5)C[C@H]4/C=C\CC[C@@H](C)C[C@@H](C)[C@H](N(C(=O)O)C(C)(C)C(F)(F)F)C(=O)N3C2)n1. The number of sulfonamides is 1. The molecule has 2 aliphatic carbocycles. The zero-order chi connectivity index (χ0) is 43.5. The summed E-state index contributed by atoms with van der Waals surface area (Å²) in [6.07, 6.45) is -3.12. The predicted octanol–water partition coefficient (Wildman–Crippen LogP) is 5.95. The molecule has 2 aliphatic heterocycles. The van der Waals surface area contributed by atoms with Crippen LogP contribution in [0.1, 0.15) is 93.4 Å². The number of rotatable bonds is 9. The summed E-state index contributed by atoms with van der Waals surface area (Å²) in [6, 6.07) is 5.48. The first-order valence-corrected chi connectivity index (χ1v) is 21.6. The molecule has 2 aromatic rings. The molecule has 4 amide bonds. The zero-order valence-corrected chi connectivity index (χ0v) is 35.2. The van der Waals surface area contributed by atoms with Crippen molar-refractivity contribution >= 4 is 44.6 Å². The van der Waals surface area contributed by atoms with Crippen LogP contribution < -0.4 is 19.5 Å². The molecule has 3 fully saturated rings. The molecule has 0 spiro atoms. The van der Waals surface area contributed by atoms with Gasteiger partial charge in [-0.25, -0.2) is 13.2 Å². The van der Waals surface area contributed by atoms with E-state index in [9.17, 15) is 41.1 Å². The Morgan fingerprint density at radius 2 is 1.80 bits per heavy atom. The summed E-state index contributed by atoms with van der Waals surface area (Å²) >= 11 is 0. The highest BCUT2D eigenvalue weighted by atomic mass is 32.2. The molecular formula is C41H54F3N5O9S. The predicted molar refractivity (Wildman–Crippen MR) is 211 cm³/mol. The molecule has 0 bridgehead atoms. The minimum atomic E-state index is -5.10. The van der Waals surface area contributed by atoms with Gasteiger partial charge < -0.3 is 24.8 Å². The van der Waals surface area contributed by atoms with Gasteiger partial charge in [-0.05, 0) is 96.4 Å². The first-order valence-electron chi connectivity index (χ1n) is 20.1. The number of halogens is 3. The third kappa shape index (κ3) is 8.69. The second kappa shape index (κ2) is 15.8. The minimum Gasteiger partial charge on any atom is -0.475 e. The van der Waals surface area contributed by atoms with Crippen LogP contribution in [-0.2, 0) is 24.4 Å². The first-order chi connectivity index (χ1) is 27.4. The van der Waals surface area contributed by atoms with Gasteiger partial charge in [0.2, 0.25) is 33.6 Å². The second-order valence-corrected chi connectivity index (χ2v) is 20.0. The van der Waals surface area contributed by atoms with Crippen molar-refractivity contribution < 1.29 is 55.3 Å². The molecule has 4 aliphatic rings. The highest BCUT2D eigenvalue weighted by Crippen LogP contribution is 2.48. The normalized spacial score (nSPS) is 29.3. The van der Waals surface area contributed by atoms with Crippen LogP contribution in [-0.4, -0.2) is 105 Å². The standard InChI is InChI=1S/C41H54F3N5O9S/c1-23(2)57-31-19-26-13-9-11-15-29(26)34(45-31)58-28-20-30-33(50)46-40(36(52)47-59(55,56)39(7)16-17-39)21-27(40)14-10-8-12-24(3)18-25(4)32(35(51)48(30)22-28)49(37(53)54)38(5,6)41(42,43)44/h9-11,13-15,19,23-25,27-28,30,32H,8,12,16-18,20-22H2,1-7H3,(H,46,50)(H,47,52)(H,53,54)/b14-10-/t24-,25-,27-,28-,30+,32+,40-/m1/s1. The molecule has 324 valence electrons. The molecular weight excluding hydrogens is 796 g/mol. The Morgan fingerprint density at radius 3 is 2.42 bits per heavy atom. The van der Waals surface area contributed by atoms with E-state index in [4.69, 9.17) is 9.47 Å². The number of fused-ring (bicyclic) bond motifs is 3. The van der Waals surface area contributed by atoms with Gasteiger partial charge in [0.1, 0.15) is 29.3 Å². The van der Waals surface area contributed by atoms with Crippen molar-refractivity contribution in [1.29, 1.82) is 0 Å². The number of allylic oxidation sites excluding steroid dienone is 1. The highest BCUT2D eigenvalue weighted by Gasteiger charge is 2.64. The van der Waals surface area contributed by atoms with E-state index in [2.05, 4.69) is 15.0 Å². The van der Waals surface area contributed by atoms with Crippen LogP contribution in [0.15, 0.2) is 42.5 Å². The van der Waals surface area contributed by atoms with Gasteiger partial charge >= 0.3 is 12.3 Å². The third-order valence-electron chi connectivity index (χ3n) is 12.3. The van der Waals surface area contributed by atoms with E-state index < -0.39 is 85.9 Å². The molecule has 3 N–H and O–H groups in total. The van der Waals surface area contributed by atoms with Crippen LogP contribution in [0, 0.1) is 17.8 Å². The van der Waals surface area contributed by atoms with Gasteiger partial charge in [0.05, 0.1) is 17.4 Å². The van der Waals surface area contributed by atoms with Gasteiger partial charge in [-0.3, -0.25) is 24.0 Å². The molecule has 1 saturated heterocycles. The number of nitrogens with one attached hydrogen (secondary N) is 2. The summed E-state index contributed by atoms with van der Waals surface area (Å²) < 4.78 is 84.0. The number of carbonyl (C=O) groups is 4. The largest absolute Gasteiger partial charge is 0.475 e. The number of benzene rings is 1. The Labute approximate surface area is 342 Å². The number of carbonyl (C=O) groups excluding carboxylic acids is 3. The average molecular weight is 850 g/mol. The minimum absolute atomic E-state index is 0.0498. The van der Waals surface area contributed by atoms with Crippen molar-refractivity contribution in [2.24, 2.45) is 17.8 Å². The lowest BCUT2D eigenvalue weighted by Crippen LogP contribution is -2.66. The van der Waals surface area contributed by atoms with Gasteiger partial charge in [-0.1, -0.05) is 44.2 Å². The quantitative estimate of drug-likeness (QED) is 0.255. The number of alkyl halides is 3. The molecule has 7 atom stereocenters. The zero-order valence-electron chi connectivity index (χ0n) is 34.3. The Kier molecular flexibility index (Phi) is 11.8. The van der Waals surface area contributed by atoms with Crippen molar-refractivity contribution in [3.05, 3.63) is 42.5 Å². The molecule has 0 radical (unpaired) electrons. The second-order valence-electron chi connectivity index (χ2n) is 17.8. The topological polar surface area (TPSA) is 185 Å². The number of aromatic nitrogens is 1. The fraction of sp³-hybridized carbons (Fsp3) is 0.634. The summed E-state index contributed by atoms with van der Waals surface area (Å²) in [4.78, 5) is 62.3. The molecule has 2 saturated carbocycles. The van der Waals surface area contributed by atoms with E-state index in [1.807, 2.05) is 39.0 Å². The Hall–Kier alpha value is -4.61. The summed E-state index contributed by atoms with van der Waals surface area (Å²) in [5.74, 6) is -4.29. The fourth-order valence-electron chi connectivity index (χ4n) is 8.28. The Bertz CT molecular complexity index is 2130. The molecule has 59 heavy (non-hydrogen) atoms. The molecule has 1 aromatic heterocycles. The van der Waals surface area contributed by atoms with Crippen molar-refractivity contribution in [3.63, 3.8) is 0 Å². The number of ether oxygens (including phenoxy) is 2. The lowest BCUT2D eigenvalue weighted by molar-refractivity contribution is -0.222. The molecule has 3 heterocycles. The smallest absolute Gasteiger partial charge is 0.411 e. The van der Waals surface area contributed by atoms with Gasteiger partial charge in [-0.15, -0.1) is 0 Å². The van der Waals surface area contributed by atoms with E-state index in [0.717, 1.165) is 4.90 Å². The van der Waals surface area contributed by atoms with Gasteiger partial charge in [0, 0.05) is 23.8 Å². The van der Waals surface area contributed by atoms with E-state index in [-0.39, 0.29) is 54.5 Å². The van der Waals surface area contributed by atoms with Crippen LogP contribution in [0.2, 0.25) is 0 Å². The van der Waals surface area contributed by atoms with Gasteiger partial charge in [-0.2, -0.15) is 18.2 Å². The van der Waals surface area contributed by atoms with Crippen LogP contribution in [0.25, 0.3) is 10.8 Å². The molecule has 6 rings (SSSR count). The van der Waals surface area contributed by atoms with E-state index >= 15 is 4.79 Å². The number of carboxylic acid groups (broad SMARTS) is 1. The number of amides is 4. The monoisotopic (exact) mass is 849 g/mol. The number of hydrogen-bond acceptors (Lipinski definition) is 9. The lowest BCUT2D eigenvalue weighted by atomic mass is 9.85. The fourth-order valence-corrected chi connectivity index (χ4v) is 9.59. The van der Waals surface area contributed by atoms with Crippen molar-refractivity contribution in [3.8, 4) is 11.8 Å². The van der Waals surface area contributed by atoms with Crippen LogP contribution >= 0.6 is 0 Å². The van der Waals surface area contributed by atoms with Crippen LogP contribution in [0.5, 0.6) is 11.8 Å².